The van der Waals surface area contributed by atoms with Gasteiger partial charge < -0.3 is 5.11 Å². The molecule has 2 aliphatic heterocycles. The predicted octanol–water partition coefficient (Wildman–Crippen LogP) is 1.28. The number of halogens is 1. The van der Waals surface area contributed by atoms with Gasteiger partial charge in [0.15, 0.2) is 0 Å². The Balaban J connectivity index is 1.97. The van der Waals surface area contributed by atoms with Crippen LogP contribution in [0, 0.1) is 5.92 Å². The summed E-state index contributed by atoms with van der Waals surface area (Å²) < 4.78 is 12.0. The van der Waals surface area contributed by atoms with Gasteiger partial charge in [-0.1, -0.05) is 0 Å². The lowest BCUT2D eigenvalue weighted by Crippen LogP contribution is -2.33. The van der Waals surface area contributed by atoms with Crippen LogP contribution in [0.5, 0.6) is 0 Å². The first-order valence-electron chi connectivity index (χ1n) is 5.28. The first-order chi connectivity index (χ1) is 6.74. The Morgan fingerprint density at radius 2 is 2.29 bits per heavy atom. The third kappa shape index (κ3) is 1.52. The second kappa shape index (κ2) is 3.85. The number of alkyl halides is 1. The van der Waals surface area contributed by atoms with Crippen molar-refractivity contribution in [1.82, 2.24) is 4.90 Å². The molecule has 80 valence electrons. The van der Waals surface area contributed by atoms with E-state index in [0.29, 0.717) is 12.5 Å². The Labute approximate surface area is 82.9 Å². The van der Waals surface area contributed by atoms with Gasteiger partial charge in [-0.3, -0.25) is 14.1 Å². The maximum Gasteiger partial charge on any atom is 0.308 e. The number of carboxylic acid groups (broad SMARTS) is 1. The van der Waals surface area contributed by atoms with Crippen LogP contribution < -0.4 is 0 Å². The van der Waals surface area contributed by atoms with Crippen LogP contribution in [0.25, 0.3) is 0 Å². The van der Waals surface area contributed by atoms with E-state index in [-0.39, 0.29) is 18.6 Å². The molecule has 2 aliphatic rings. The lowest BCUT2D eigenvalue weighted by Gasteiger charge is -2.21. The van der Waals surface area contributed by atoms with Gasteiger partial charge in [-0.25, -0.2) is 0 Å². The number of carboxylic acids is 1. The Morgan fingerprint density at radius 3 is 2.86 bits per heavy atom. The molecule has 3 atom stereocenters. The van der Waals surface area contributed by atoms with Crippen molar-refractivity contribution in [3.05, 3.63) is 0 Å². The zero-order valence-corrected chi connectivity index (χ0v) is 8.16. The van der Waals surface area contributed by atoms with Crippen molar-refractivity contribution in [3.8, 4) is 0 Å². The van der Waals surface area contributed by atoms with E-state index in [4.69, 9.17) is 5.11 Å². The Kier molecular flexibility index (Phi) is 2.72. The fourth-order valence-electron chi connectivity index (χ4n) is 2.96. The molecule has 0 radical (unpaired) electrons. The van der Waals surface area contributed by atoms with Crippen molar-refractivity contribution in [2.75, 3.05) is 13.2 Å². The van der Waals surface area contributed by atoms with E-state index in [1.54, 1.807) is 0 Å². The van der Waals surface area contributed by atoms with E-state index in [0.717, 1.165) is 25.8 Å². The van der Waals surface area contributed by atoms with Crippen LogP contribution in [-0.2, 0) is 4.79 Å². The van der Waals surface area contributed by atoms with Crippen LogP contribution in [0.2, 0.25) is 0 Å². The van der Waals surface area contributed by atoms with Crippen LogP contribution >= 0.6 is 0 Å². The van der Waals surface area contributed by atoms with Gasteiger partial charge in [0.2, 0.25) is 0 Å². The molecule has 4 heteroatoms. The number of carbonyl (C=O) groups is 1. The quantitative estimate of drug-likeness (QED) is 0.745. The summed E-state index contributed by atoms with van der Waals surface area (Å²) in [4.78, 5) is 13.1. The maximum absolute atomic E-state index is 12.0. The standard InChI is InChI=1S/C10H16FNO2/c11-4-1-5-12-7-2-3-9(12)8(6-7)10(13)14/h7-9H,1-6H2,(H,13,14). The molecule has 0 aromatic heterocycles. The molecule has 2 saturated heterocycles. The van der Waals surface area contributed by atoms with Crippen LogP contribution in [-0.4, -0.2) is 41.3 Å². The second-order valence-electron chi connectivity index (χ2n) is 4.26. The van der Waals surface area contributed by atoms with Gasteiger partial charge in [-0.2, -0.15) is 0 Å². The largest absolute Gasteiger partial charge is 0.481 e. The summed E-state index contributed by atoms with van der Waals surface area (Å²) in [5.74, 6) is -0.879. The first kappa shape index (κ1) is 9.90. The maximum atomic E-state index is 12.0. The molecule has 0 aromatic rings. The molecule has 2 rings (SSSR count). The molecule has 14 heavy (non-hydrogen) atoms. The normalized spacial score (nSPS) is 36.5. The number of hydrogen-bond acceptors (Lipinski definition) is 2. The second-order valence-corrected chi connectivity index (χ2v) is 4.26. The Hall–Kier alpha value is -0.640. The van der Waals surface area contributed by atoms with Crippen molar-refractivity contribution >= 4 is 5.97 Å². The van der Waals surface area contributed by atoms with E-state index in [1.807, 2.05) is 0 Å². The van der Waals surface area contributed by atoms with Gasteiger partial charge in [0.05, 0.1) is 12.6 Å². The molecule has 2 fully saturated rings. The number of hydrogen-bond donors (Lipinski definition) is 1. The molecule has 0 amide bonds. The average Bonchev–Trinajstić information content (AvgIpc) is 2.71. The Morgan fingerprint density at radius 1 is 1.50 bits per heavy atom. The number of aliphatic carboxylic acids is 1. The Bertz CT molecular complexity index is 234. The summed E-state index contributed by atoms with van der Waals surface area (Å²) in [5.41, 5.74) is 0. The number of nitrogens with zero attached hydrogens (tertiary/aromatic N) is 1. The molecule has 1 N–H and O–H groups in total. The minimum absolute atomic E-state index is 0.184. The van der Waals surface area contributed by atoms with Crippen LogP contribution in [0.15, 0.2) is 0 Å². The number of fused-ring (bicyclic) bond motifs is 2. The van der Waals surface area contributed by atoms with Gasteiger partial charge in [-0.15, -0.1) is 0 Å². The van der Waals surface area contributed by atoms with E-state index < -0.39 is 5.97 Å². The summed E-state index contributed by atoms with van der Waals surface area (Å²) in [6.45, 7) is 0.434. The SMILES string of the molecule is O=C(O)C1CC2CCC1N2CCCF. The van der Waals surface area contributed by atoms with Crippen LogP contribution in [0.1, 0.15) is 25.7 Å². The molecule has 0 spiro atoms. The number of rotatable bonds is 4. The highest BCUT2D eigenvalue weighted by atomic mass is 19.1. The van der Waals surface area contributed by atoms with Gasteiger partial charge >= 0.3 is 5.97 Å². The highest BCUT2D eigenvalue weighted by Crippen LogP contribution is 2.41. The lowest BCUT2D eigenvalue weighted by atomic mass is 9.89. The first-order valence-corrected chi connectivity index (χ1v) is 5.28. The van der Waals surface area contributed by atoms with Gasteiger partial charge in [0.25, 0.3) is 0 Å². The summed E-state index contributed by atoms with van der Waals surface area (Å²) in [6.07, 6.45) is 3.39. The van der Waals surface area contributed by atoms with Gasteiger partial charge in [0, 0.05) is 18.6 Å². The smallest absolute Gasteiger partial charge is 0.308 e. The van der Waals surface area contributed by atoms with Crippen molar-refractivity contribution in [2.24, 2.45) is 5.92 Å². The molecule has 3 nitrogen and oxygen atoms in total. The summed E-state index contributed by atoms with van der Waals surface area (Å²) in [7, 11) is 0. The zero-order valence-electron chi connectivity index (χ0n) is 8.16. The summed E-state index contributed by atoms with van der Waals surface area (Å²) in [5, 5.41) is 8.98. The van der Waals surface area contributed by atoms with Crippen LogP contribution in [0.4, 0.5) is 4.39 Å². The van der Waals surface area contributed by atoms with Crippen molar-refractivity contribution in [2.45, 2.75) is 37.8 Å². The van der Waals surface area contributed by atoms with Crippen molar-refractivity contribution < 1.29 is 14.3 Å². The molecular formula is C10H16FNO2. The third-order valence-electron chi connectivity index (χ3n) is 3.55. The summed E-state index contributed by atoms with van der Waals surface area (Å²) >= 11 is 0. The van der Waals surface area contributed by atoms with E-state index >= 15 is 0 Å². The fourth-order valence-corrected chi connectivity index (χ4v) is 2.96. The zero-order chi connectivity index (χ0) is 10.1. The van der Waals surface area contributed by atoms with Gasteiger partial charge in [-0.05, 0) is 25.7 Å². The monoisotopic (exact) mass is 201 g/mol. The fraction of sp³-hybridized carbons (Fsp3) is 0.900. The molecule has 0 aromatic carbocycles. The predicted molar refractivity (Wildman–Crippen MR) is 49.9 cm³/mol. The average molecular weight is 201 g/mol. The van der Waals surface area contributed by atoms with Gasteiger partial charge in [0.1, 0.15) is 0 Å². The van der Waals surface area contributed by atoms with E-state index in [1.165, 1.54) is 0 Å². The minimum atomic E-state index is -0.678. The molecule has 0 saturated carbocycles. The highest BCUT2D eigenvalue weighted by molar-refractivity contribution is 5.71. The molecule has 3 unspecified atom stereocenters. The molecular weight excluding hydrogens is 185 g/mol. The summed E-state index contributed by atoms with van der Waals surface area (Å²) in [6, 6.07) is 0.594. The van der Waals surface area contributed by atoms with E-state index in [2.05, 4.69) is 4.90 Å². The minimum Gasteiger partial charge on any atom is -0.481 e. The van der Waals surface area contributed by atoms with Crippen molar-refractivity contribution in [1.29, 1.82) is 0 Å². The lowest BCUT2D eigenvalue weighted by molar-refractivity contribution is -0.142. The highest BCUT2D eigenvalue weighted by Gasteiger charge is 2.48. The van der Waals surface area contributed by atoms with Crippen molar-refractivity contribution in [3.63, 3.8) is 0 Å². The molecule has 2 heterocycles. The molecule has 0 aliphatic carbocycles. The van der Waals surface area contributed by atoms with E-state index in [9.17, 15) is 9.18 Å². The topological polar surface area (TPSA) is 40.5 Å². The van der Waals surface area contributed by atoms with Crippen LogP contribution in [0.3, 0.4) is 0 Å². The third-order valence-corrected chi connectivity index (χ3v) is 3.55. The molecule has 2 bridgehead atoms.